The maximum absolute atomic E-state index is 12.0. The van der Waals surface area contributed by atoms with E-state index in [1.54, 1.807) is 23.5 Å². The van der Waals surface area contributed by atoms with Crippen LogP contribution in [-0.4, -0.2) is 35.7 Å². The summed E-state index contributed by atoms with van der Waals surface area (Å²) in [7, 11) is 0. The summed E-state index contributed by atoms with van der Waals surface area (Å²) in [5.41, 5.74) is 0. The van der Waals surface area contributed by atoms with E-state index in [9.17, 15) is 9.59 Å². The second-order valence-electron chi connectivity index (χ2n) is 7.40. The Hall–Kier alpha value is -2.70. The van der Waals surface area contributed by atoms with Crippen molar-refractivity contribution in [2.75, 3.05) is 13.2 Å². The third-order valence-corrected chi connectivity index (χ3v) is 7.29. The van der Waals surface area contributed by atoms with Gasteiger partial charge in [-0.15, -0.1) is 36.7 Å². The lowest BCUT2D eigenvalue weighted by Crippen LogP contribution is -2.11. The third kappa shape index (κ3) is 12.0. The molecule has 0 N–H and O–H groups in total. The number of esters is 2. The molecule has 0 bridgehead atoms. The number of ether oxygens (including phenoxy) is 2. The van der Waals surface area contributed by atoms with Crippen LogP contribution in [0, 0.1) is 0 Å². The monoisotopic (exact) mass is 496 g/mol. The minimum absolute atomic E-state index is 0.263. The molecule has 0 spiro atoms. The molecule has 2 aromatic rings. The molecule has 0 aliphatic carbocycles. The van der Waals surface area contributed by atoms with Crippen LogP contribution in [0.3, 0.4) is 0 Å². The van der Waals surface area contributed by atoms with Crippen LogP contribution < -0.4 is 0 Å². The Balaban J connectivity index is 1.67. The fourth-order valence-electron chi connectivity index (χ4n) is 3.02. The van der Waals surface area contributed by atoms with Crippen LogP contribution in [0.25, 0.3) is 0 Å². The maximum atomic E-state index is 12.0. The summed E-state index contributed by atoms with van der Waals surface area (Å²) >= 11 is 3.47. The lowest BCUT2D eigenvalue weighted by atomic mass is 10.2. The smallest absolute Gasteiger partial charge is 0.331 e. The molecule has 0 saturated heterocycles. The van der Waals surface area contributed by atoms with Gasteiger partial charge in [0.2, 0.25) is 0 Å². The second-order valence-corrected chi connectivity index (χ2v) is 10.1. The summed E-state index contributed by atoms with van der Waals surface area (Å²) in [5.74, 6) is -1.11. The summed E-state index contributed by atoms with van der Waals surface area (Å²) in [4.78, 5) is 26.2. The molecule has 0 aromatic heterocycles. The summed E-state index contributed by atoms with van der Waals surface area (Å²) in [6.07, 6.45) is 9.00. The highest BCUT2D eigenvalue weighted by atomic mass is 32.2. The van der Waals surface area contributed by atoms with E-state index in [1.165, 1.54) is 9.79 Å². The zero-order valence-electron chi connectivity index (χ0n) is 19.3. The van der Waals surface area contributed by atoms with Gasteiger partial charge < -0.3 is 9.47 Å². The predicted molar refractivity (Wildman–Crippen MR) is 142 cm³/mol. The van der Waals surface area contributed by atoms with Crippen LogP contribution in [0.15, 0.2) is 108 Å². The van der Waals surface area contributed by atoms with Gasteiger partial charge in [0.05, 0.1) is 13.2 Å². The molecular formula is C28H32O4S2. The standard InChI is InChI=1S/C28H32O4S2/c1-3-11-23(33-25-13-7-5-8-14-25)19-21-31-27(29)17-18-28(30)32-22-20-24(12-4-2)34-26-15-9-6-10-16-26/h3-10,13-18,23-24H,1-2,11-12,19-22H2/b18-17-. The fourth-order valence-corrected chi connectivity index (χ4v) is 5.31. The molecule has 0 aliphatic rings. The van der Waals surface area contributed by atoms with Gasteiger partial charge in [-0.25, -0.2) is 9.59 Å². The first kappa shape index (κ1) is 27.5. The van der Waals surface area contributed by atoms with Crippen molar-refractivity contribution in [2.45, 2.75) is 46.0 Å². The van der Waals surface area contributed by atoms with Gasteiger partial charge in [-0.2, -0.15) is 0 Å². The van der Waals surface area contributed by atoms with E-state index >= 15 is 0 Å². The molecule has 0 radical (unpaired) electrons. The van der Waals surface area contributed by atoms with Crippen molar-refractivity contribution >= 4 is 35.5 Å². The summed E-state index contributed by atoms with van der Waals surface area (Å²) < 4.78 is 10.5. The molecule has 2 unspecified atom stereocenters. The normalized spacial score (nSPS) is 12.6. The van der Waals surface area contributed by atoms with Gasteiger partial charge in [-0.3, -0.25) is 0 Å². The van der Waals surface area contributed by atoms with E-state index in [0.29, 0.717) is 12.8 Å². The maximum Gasteiger partial charge on any atom is 0.331 e. The minimum atomic E-state index is -0.553. The van der Waals surface area contributed by atoms with E-state index in [-0.39, 0.29) is 23.7 Å². The van der Waals surface area contributed by atoms with Crippen LogP contribution in [0.1, 0.15) is 25.7 Å². The second kappa shape index (κ2) is 16.8. The van der Waals surface area contributed by atoms with Crippen molar-refractivity contribution in [3.05, 3.63) is 98.1 Å². The molecule has 2 atom stereocenters. The van der Waals surface area contributed by atoms with Crippen molar-refractivity contribution in [1.82, 2.24) is 0 Å². The van der Waals surface area contributed by atoms with E-state index in [4.69, 9.17) is 9.47 Å². The predicted octanol–water partition coefficient (Wildman–Crippen LogP) is 6.88. The van der Waals surface area contributed by atoms with Gasteiger partial charge in [-0.05, 0) is 49.9 Å². The van der Waals surface area contributed by atoms with Gasteiger partial charge in [0.15, 0.2) is 0 Å². The first-order valence-corrected chi connectivity index (χ1v) is 13.0. The fraction of sp³-hybridized carbons (Fsp3) is 0.286. The lowest BCUT2D eigenvalue weighted by Gasteiger charge is -2.14. The van der Waals surface area contributed by atoms with Crippen LogP contribution in [0.2, 0.25) is 0 Å². The molecular weight excluding hydrogens is 464 g/mol. The molecule has 34 heavy (non-hydrogen) atoms. The molecule has 180 valence electrons. The van der Waals surface area contributed by atoms with Crippen LogP contribution in [-0.2, 0) is 19.1 Å². The number of benzene rings is 2. The average Bonchev–Trinajstić information content (AvgIpc) is 2.84. The molecule has 0 amide bonds. The Kier molecular flexibility index (Phi) is 13.6. The van der Waals surface area contributed by atoms with E-state index in [0.717, 1.165) is 25.0 Å². The first-order chi connectivity index (χ1) is 16.6. The number of thioether (sulfide) groups is 2. The molecule has 6 heteroatoms. The molecule has 0 aliphatic heterocycles. The Morgan fingerprint density at radius 3 is 1.44 bits per heavy atom. The summed E-state index contributed by atoms with van der Waals surface area (Å²) in [5, 5.41) is 0.526. The highest BCUT2D eigenvalue weighted by Gasteiger charge is 2.12. The summed E-state index contributed by atoms with van der Waals surface area (Å²) in [6, 6.07) is 20.2. The van der Waals surface area contributed by atoms with Gasteiger partial charge in [-0.1, -0.05) is 48.6 Å². The van der Waals surface area contributed by atoms with Gasteiger partial charge in [0.1, 0.15) is 0 Å². The number of rotatable bonds is 16. The van der Waals surface area contributed by atoms with Crippen molar-refractivity contribution in [3.8, 4) is 0 Å². The van der Waals surface area contributed by atoms with E-state index in [1.807, 2.05) is 48.6 Å². The number of allylic oxidation sites excluding steroid dienone is 2. The number of carbonyl (C=O) groups excluding carboxylic acids is 2. The van der Waals surface area contributed by atoms with E-state index < -0.39 is 11.9 Å². The molecule has 0 heterocycles. The zero-order valence-corrected chi connectivity index (χ0v) is 21.0. The Morgan fingerprint density at radius 2 is 1.09 bits per heavy atom. The Labute approximate surface area is 211 Å². The molecule has 4 nitrogen and oxygen atoms in total. The van der Waals surface area contributed by atoms with Gasteiger partial charge in [0, 0.05) is 32.4 Å². The number of carbonyl (C=O) groups is 2. The molecule has 2 aromatic carbocycles. The molecule has 0 fully saturated rings. The van der Waals surface area contributed by atoms with Crippen molar-refractivity contribution < 1.29 is 19.1 Å². The van der Waals surface area contributed by atoms with Crippen molar-refractivity contribution in [1.29, 1.82) is 0 Å². The van der Waals surface area contributed by atoms with Crippen LogP contribution in [0.4, 0.5) is 0 Å². The van der Waals surface area contributed by atoms with Gasteiger partial charge in [0.25, 0.3) is 0 Å². The van der Waals surface area contributed by atoms with Crippen molar-refractivity contribution in [3.63, 3.8) is 0 Å². The van der Waals surface area contributed by atoms with Crippen LogP contribution >= 0.6 is 23.5 Å². The van der Waals surface area contributed by atoms with E-state index in [2.05, 4.69) is 37.4 Å². The molecule has 0 saturated carbocycles. The SMILES string of the molecule is C=CCC(CCOC(=O)/C=C\C(=O)OCCC(CC=C)Sc1ccccc1)Sc1ccccc1. The third-order valence-electron chi connectivity index (χ3n) is 4.67. The minimum Gasteiger partial charge on any atom is -0.462 e. The average molecular weight is 497 g/mol. The van der Waals surface area contributed by atoms with Crippen LogP contribution in [0.5, 0.6) is 0 Å². The Bertz CT molecular complexity index is 837. The van der Waals surface area contributed by atoms with Crippen molar-refractivity contribution in [2.24, 2.45) is 0 Å². The quantitative estimate of drug-likeness (QED) is 0.109. The first-order valence-electron chi connectivity index (χ1n) is 11.3. The highest BCUT2D eigenvalue weighted by Crippen LogP contribution is 2.28. The van der Waals surface area contributed by atoms with Gasteiger partial charge >= 0.3 is 11.9 Å². The highest BCUT2D eigenvalue weighted by molar-refractivity contribution is 8.00. The number of hydrogen-bond donors (Lipinski definition) is 0. The zero-order chi connectivity index (χ0) is 24.4. The topological polar surface area (TPSA) is 52.6 Å². The largest absolute Gasteiger partial charge is 0.462 e. The molecule has 2 rings (SSSR count). The number of hydrogen-bond acceptors (Lipinski definition) is 6. The lowest BCUT2D eigenvalue weighted by molar-refractivity contribution is -0.140. The Morgan fingerprint density at radius 1 is 0.706 bits per heavy atom. The summed E-state index contributed by atoms with van der Waals surface area (Å²) in [6.45, 7) is 8.17.